The zero-order valence-electron chi connectivity index (χ0n) is 13.6. The van der Waals surface area contributed by atoms with E-state index >= 15 is 0 Å². The second-order valence-corrected chi connectivity index (χ2v) is 5.35. The molecule has 1 heterocycles. The number of aliphatic carboxylic acids is 1. The highest BCUT2D eigenvalue weighted by molar-refractivity contribution is 5.85. The molecule has 0 saturated heterocycles. The number of carboxylic acids is 1. The van der Waals surface area contributed by atoms with Gasteiger partial charge in [-0.05, 0) is 35.9 Å². The van der Waals surface area contributed by atoms with Gasteiger partial charge in [-0.3, -0.25) is 0 Å². The van der Waals surface area contributed by atoms with Crippen LogP contribution in [0.1, 0.15) is 5.56 Å². The molecule has 138 valence electrons. The van der Waals surface area contributed by atoms with E-state index in [1.807, 2.05) is 0 Å². The number of rotatable bonds is 5. The van der Waals surface area contributed by atoms with Gasteiger partial charge in [0, 0.05) is 11.6 Å². The van der Waals surface area contributed by atoms with Gasteiger partial charge in [0.05, 0.1) is 5.69 Å². The van der Waals surface area contributed by atoms with E-state index in [9.17, 15) is 18.0 Å². The van der Waals surface area contributed by atoms with Crippen LogP contribution >= 0.6 is 0 Å². The molecule has 6 nitrogen and oxygen atoms in total. The molecular formula is C18H12F3N3O3. The van der Waals surface area contributed by atoms with Gasteiger partial charge in [0.1, 0.15) is 12.1 Å². The summed E-state index contributed by atoms with van der Waals surface area (Å²) < 4.78 is 41.8. The number of ether oxygens (including phenoxy) is 1. The third-order valence-corrected chi connectivity index (χ3v) is 3.41. The molecule has 1 N–H and O–H groups in total. The Hall–Kier alpha value is -3.62. The Morgan fingerprint density at radius 2 is 1.74 bits per heavy atom. The molecular weight excluding hydrogens is 363 g/mol. The van der Waals surface area contributed by atoms with Gasteiger partial charge >= 0.3 is 12.3 Å². The minimum Gasteiger partial charge on any atom is -0.478 e. The van der Waals surface area contributed by atoms with E-state index in [-0.39, 0.29) is 5.75 Å². The lowest BCUT2D eigenvalue weighted by Gasteiger charge is -2.09. The number of carbonyl (C=O) groups is 1. The maximum absolute atomic E-state index is 12.2. The van der Waals surface area contributed by atoms with Crippen molar-refractivity contribution in [3.05, 3.63) is 66.5 Å². The number of hydrogen-bond acceptors (Lipinski definition) is 4. The Kier molecular flexibility index (Phi) is 4.93. The fourth-order valence-electron chi connectivity index (χ4n) is 2.23. The Morgan fingerprint density at radius 1 is 1.07 bits per heavy atom. The number of halogens is 3. The van der Waals surface area contributed by atoms with Crippen LogP contribution in [0.5, 0.6) is 5.75 Å². The van der Waals surface area contributed by atoms with Crippen LogP contribution < -0.4 is 4.74 Å². The summed E-state index contributed by atoms with van der Waals surface area (Å²) in [6.45, 7) is 0. The molecule has 0 fully saturated rings. The Balaban J connectivity index is 1.75. The first-order chi connectivity index (χ1) is 12.8. The molecule has 0 amide bonds. The standard InChI is InChI=1S/C18H12F3N3O3/c19-18(20,21)27-15-8-6-14(7-9-15)24-11-22-17(23-24)13-4-1-12(2-5-13)3-10-16(25)26/h1-11H,(H,25,26). The fraction of sp³-hybridized carbons (Fsp3) is 0.0556. The van der Waals surface area contributed by atoms with Crippen LogP contribution in [0, 0.1) is 0 Å². The van der Waals surface area contributed by atoms with Crippen molar-refractivity contribution >= 4 is 12.0 Å². The van der Waals surface area contributed by atoms with Gasteiger partial charge < -0.3 is 9.84 Å². The summed E-state index contributed by atoms with van der Waals surface area (Å²) >= 11 is 0. The van der Waals surface area contributed by atoms with Gasteiger partial charge in [-0.15, -0.1) is 18.3 Å². The van der Waals surface area contributed by atoms with Crippen LogP contribution in [0.2, 0.25) is 0 Å². The maximum atomic E-state index is 12.2. The van der Waals surface area contributed by atoms with E-state index in [0.29, 0.717) is 22.6 Å². The van der Waals surface area contributed by atoms with Crippen LogP contribution in [0.4, 0.5) is 13.2 Å². The summed E-state index contributed by atoms with van der Waals surface area (Å²) in [6, 6.07) is 12.2. The first-order valence-corrected chi connectivity index (χ1v) is 7.59. The number of hydrogen-bond donors (Lipinski definition) is 1. The Labute approximate surface area is 151 Å². The molecule has 3 aromatic rings. The molecule has 0 aliphatic carbocycles. The third-order valence-electron chi connectivity index (χ3n) is 3.41. The summed E-state index contributed by atoms with van der Waals surface area (Å²) in [5, 5.41) is 12.9. The molecule has 0 aliphatic heterocycles. The summed E-state index contributed by atoms with van der Waals surface area (Å²) in [6.07, 6.45) is -0.808. The van der Waals surface area contributed by atoms with Gasteiger partial charge in [-0.2, -0.15) is 0 Å². The highest BCUT2D eigenvalue weighted by Crippen LogP contribution is 2.24. The average molecular weight is 375 g/mol. The van der Waals surface area contributed by atoms with E-state index in [1.54, 1.807) is 24.3 Å². The SMILES string of the molecule is O=C(O)C=Cc1ccc(-c2ncn(-c3ccc(OC(F)(F)F)cc3)n2)cc1. The summed E-state index contributed by atoms with van der Waals surface area (Å²) in [7, 11) is 0. The van der Waals surface area contributed by atoms with E-state index in [2.05, 4.69) is 14.8 Å². The number of alkyl halides is 3. The van der Waals surface area contributed by atoms with Crippen molar-refractivity contribution in [2.75, 3.05) is 0 Å². The molecule has 1 aromatic heterocycles. The predicted octanol–water partition coefficient (Wildman–Crippen LogP) is 3.93. The smallest absolute Gasteiger partial charge is 0.478 e. The Bertz CT molecular complexity index is 962. The molecule has 0 aliphatic rings. The van der Waals surface area contributed by atoms with Gasteiger partial charge in [-0.1, -0.05) is 24.3 Å². The van der Waals surface area contributed by atoms with Crippen molar-refractivity contribution in [3.63, 3.8) is 0 Å². The lowest BCUT2D eigenvalue weighted by Crippen LogP contribution is -2.17. The first kappa shape index (κ1) is 18.2. The van der Waals surface area contributed by atoms with Crippen LogP contribution in [0.15, 0.2) is 60.9 Å². The molecule has 3 rings (SSSR count). The molecule has 2 aromatic carbocycles. The second kappa shape index (κ2) is 7.32. The predicted molar refractivity (Wildman–Crippen MR) is 90.1 cm³/mol. The van der Waals surface area contributed by atoms with Gasteiger partial charge in [0.15, 0.2) is 5.82 Å². The number of benzene rings is 2. The van der Waals surface area contributed by atoms with Gasteiger partial charge in [0.25, 0.3) is 0 Å². The lowest BCUT2D eigenvalue weighted by atomic mass is 10.1. The van der Waals surface area contributed by atoms with E-state index in [4.69, 9.17) is 5.11 Å². The van der Waals surface area contributed by atoms with E-state index in [0.717, 1.165) is 6.08 Å². The fourth-order valence-corrected chi connectivity index (χ4v) is 2.23. The highest BCUT2D eigenvalue weighted by atomic mass is 19.4. The summed E-state index contributed by atoms with van der Waals surface area (Å²) in [4.78, 5) is 14.7. The minimum atomic E-state index is -4.74. The lowest BCUT2D eigenvalue weighted by molar-refractivity contribution is -0.274. The van der Waals surface area contributed by atoms with Gasteiger partial charge in [0.2, 0.25) is 0 Å². The van der Waals surface area contributed by atoms with Crippen molar-refractivity contribution in [2.24, 2.45) is 0 Å². The quantitative estimate of drug-likeness (QED) is 0.684. The highest BCUT2D eigenvalue weighted by Gasteiger charge is 2.30. The first-order valence-electron chi connectivity index (χ1n) is 7.59. The van der Waals surface area contributed by atoms with E-state index < -0.39 is 12.3 Å². The average Bonchev–Trinajstić information content (AvgIpc) is 3.10. The topological polar surface area (TPSA) is 77.2 Å². The zero-order chi connectivity index (χ0) is 19.4. The molecule has 0 saturated carbocycles. The van der Waals surface area contributed by atoms with Crippen LogP contribution in [-0.4, -0.2) is 32.2 Å². The van der Waals surface area contributed by atoms with E-state index in [1.165, 1.54) is 41.4 Å². The molecule has 0 bridgehead atoms. The van der Waals surface area contributed by atoms with Gasteiger partial charge in [-0.25, -0.2) is 14.5 Å². The normalized spacial score (nSPS) is 11.7. The van der Waals surface area contributed by atoms with Crippen molar-refractivity contribution in [1.82, 2.24) is 14.8 Å². The largest absolute Gasteiger partial charge is 0.573 e. The molecule has 0 spiro atoms. The van der Waals surface area contributed by atoms with Crippen molar-refractivity contribution in [2.45, 2.75) is 6.36 Å². The minimum absolute atomic E-state index is 0.323. The maximum Gasteiger partial charge on any atom is 0.573 e. The summed E-state index contributed by atoms with van der Waals surface area (Å²) in [5.74, 6) is -0.942. The Morgan fingerprint density at radius 3 is 2.33 bits per heavy atom. The molecule has 27 heavy (non-hydrogen) atoms. The van der Waals surface area contributed by atoms with Crippen molar-refractivity contribution in [3.8, 4) is 22.8 Å². The monoisotopic (exact) mass is 375 g/mol. The van der Waals surface area contributed by atoms with Crippen molar-refractivity contribution < 1.29 is 27.8 Å². The third kappa shape index (κ3) is 4.94. The molecule has 0 unspecified atom stereocenters. The number of nitrogens with zero attached hydrogens (tertiary/aromatic N) is 3. The molecule has 0 radical (unpaired) electrons. The number of carboxylic acid groups (broad SMARTS) is 1. The summed E-state index contributed by atoms with van der Waals surface area (Å²) in [5.41, 5.74) is 1.93. The number of aromatic nitrogens is 3. The zero-order valence-corrected chi connectivity index (χ0v) is 13.6. The van der Waals surface area contributed by atoms with Crippen LogP contribution in [0.25, 0.3) is 23.2 Å². The van der Waals surface area contributed by atoms with Crippen LogP contribution in [-0.2, 0) is 4.79 Å². The second-order valence-electron chi connectivity index (χ2n) is 5.35. The van der Waals surface area contributed by atoms with Crippen LogP contribution in [0.3, 0.4) is 0 Å². The van der Waals surface area contributed by atoms with Crippen molar-refractivity contribution in [1.29, 1.82) is 0 Å². The molecule has 0 atom stereocenters. The molecule has 9 heteroatoms.